The largest absolute Gasteiger partial charge is 0.495 e. The number of methoxy groups -OCH3 is 1. The standard InChI is InChI=1S/C9H8N2O3/c1-14-6-2-3-8-10-4-7(9(12)13)11(8)5-6/h2-5H,1H3,(H,12,13). The smallest absolute Gasteiger partial charge is 0.354 e. The van der Waals surface area contributed by atoms with Gasteiger partial charge in [-0.1, -0.05) is 0 Å². The van der Waals surface area contributed by atoms with Crippen LogP contribution in [0.15, 0.2) is 24.5 Å². The molecule has 0 saturated carbocycles. The predicted octanol–water partition coefficient (Wildman–Crippen LogP) is 1.04. The Morgan fingerprint density at radius 2 is 2.36 bits per heavy atom. The zero-order chi connectivity index (χ0) is 10.1. The number of carboxylic acid groups (broad SMARTS) is 1. The number of rotatable bonds is 2. The monoisotopic (exact) mass is 192 g/mol. The van der Waals surface area contributed by atoms with Crippen LogP contribution < -0.4 is 4.74 Å². The fourth-order valence-corrected chi connectivity index (χ4v) is 1.24. The molecule has 0 spiro atoms. The van der Waals surface area contributed by atoms with E-state index in [1.807, 2.05) is 0 Å². The predicted molar refractivity (Wildman–Crippen MR) is 48.7 cm³/mol. The number of carboxylic acids is 1. The average molecular weight is 192 g/mol. The number of carbonyl (C=O) groups is 1. The number of ether oxygens (including phenoxy) is 1. The summed E-state index contributed by atoms with van der Waals surface area (Å²) in [4.78, 5) is 14.7. The summed E-state index contributed by atoms with van der Waals surface area (Å²) in [7, 11) is 1.53. The summed E-state index contributed by atoms with van der Waals surface area (Å²) in [6.45, 7) is 0. The third-order valence-corrected chi connectivity index (χ3v) is 1.93. The third kappa shape index (κ3) is 1.19. The molecule has 2 aromatic rings. The van der Waals surface area contributed by atoms with Gasteiger partial charge in [0, 0.05) is 0 Å². The van der Waals surface area contributed by atoms with Crippen molar-refractivity contribution in [3.8, 4) is 5.75 Å². The van der Waals surface area contributed by atoms with E-state index >= 15 is 0 Å². The number of aromatic carboxylic acids is 1. The first-order valence-electron chi connectivity index (χ1n) is 3.97. The number of aromatic nitrogens is 2. The molecule has 2 rings (SSSR count). The van der Waals surface area contributed by atoms with Crippen LogP contribution in [0.2, 0.25) is 0 Å². The van der Waals surface area contributed by atoms with E-state index in [9.17, 15) is 4.79 Å². The highest BCUT2D eigenvalue weighted by Crippen LogP contribution is 2.14. The molecule has 0 saturated heterocycles. The molecular weight excluding hydrogens is 184 g/mol. The van der Waals surface area contributed by atoms with Gasteiger partial charge in [0.05, 0.1) is 19.5 Å². The number of nitrogens with zero attached hydrogens (tertiary/aromatic N) is 2. The van der Waals surface area contributed by atoms with Crippen LogP contribution in [0.5, 0.6) is 5.75 Å². The Labute approximate surface area is 79.6 Å². The van der Waals surface area contributed by atoms with E-state index < -0.39 is 5.97 Å². The lowest BCUT2D eigenvalue weighted by Crippen LogP contribution is -2.01. The maximum atomic E-state index is 10.8. The van der Waals surface area contributed by atoms with Gasteiger partial charge in [-0.3, -0.25) is 4.40 Å². The Morgan fingerprint density at radius 1 is 1.57 bits per heavy atom. The van der Waals surface area contributed by atoms with Crippen molar-refractivity contribution >= 4 is 11.6 Å². The van der Waals surface area contributed by atoms with Crippen molar-refractivity contribution < 1.29 is 14.6 Å². The molecule has 0 radical (unpaired) electrons. The first-order valence-corrected chi connectivity index (χ1v) is 3.97. The number of fused-ring (bicyclic) bond motifs is 1. The van der Waals surface area contributed by atoms with E-state index in [2.05, 4.69) is 4.98 Å². The molecule has 0 fully saturated rings. The van der Waals surface area contributed by atoms with Crippen LogP contribution in [-0.2, 0) is 0 Å². The minimum absolute atomic E-state index is 0.124. The van der Waals surface area contributed by atoms with Gasteiger partial charge in [-0.25, -0.2) is 9.78 Å². The molecule has 1 N–H and O–H groups in total. The van der Waals surface area contributed by atoms with Crippen LogP contribution in [0.3, 0.4) is 0 Å². The number of hydrogen-bond donors (Lipinski definition) is 1. The molecule has 0 bridgehead atoms. The molecule has 0 amide bonds. The first kappa shape index (κ1) is 8.55. The van der Waals surface area contributed by atoms with Crippen molar-refractivity contribution in [2.24, 2.45) is 0 Å². The van der Waals surface area contributed by atoms with Gasteiger partial charge < -0.3 is 9.84 Å². The Bertz CT molecular complexity index is 490. The Balaban J connectivity index is 2.69. The van der Waals surface area contributed by atoms with Crippen LogP contribution in [0.1, 0.15) is 10.5 Å². The SMILES string of the molecule is COc1ccc2ncc(C(=O)O)n2c1. The highest BCUT2D eigenvalue weighted by atomic mass is 16.5. The topological polar surface area (TPSA) is 63.8 Å². The summed E-state index contributed by atoms with van der Waals surface area (Å²) in [6, 6.07) is 3.43. The Morgan fingerprint density at radius 3 is 3.00 bits per heavy atom. The van der Waals surface area contributed by atoms with E-state index in [1.54, 1.807) is 18.3 Å². The van der Waals surface area contributed by atoms with Crippen LogP contribution in [0.4, 0.5) is 0 Å². The van der Waals surface area contributed by atoms with Gasteiger partial charge in [0.25, 0.3) is 0 Å². The van der Waals surface area contributed by atoms with Gasteiger partial charge in [0.2, 0.25) is 0 Å². The second kappa shape index (κ2) is 3.02. The Kier molecular flexibility index (Phi) is 1.85. The molecule has 72 valence electrons. The molecule has 0 aliphatic heterocycles. The van der Waals surface area contributed by atoms with E-state index in [0.29, 0.717) is 11.4 Å². The normalized spacial score (nSPS) is 10.4. The van der Waals surface area contributed by atoms with Crippen molar-refractivity contribution in [2.45, 2.75) is 0 Å². The maximum absolute atomic E-state index is 10.8. The Hall–Kier alpha value is -2.04. The second-order valence-electron chi connectivity index (χ2n) is 2.75. The molecule has 0 aliphatic carbocycles. The highest BCUT2D eigenvalue weighted by Gasteiger charge is 2.10. The quantitative estimate of drug-likeness (QED) is 0.772. The van der Waals surface area contributed by atoms with Crippen LogP contribution in [0.25, 0.3) is 5.65 Å². The van der Waals surface area contributed by atoms with Crippen LogP contribution in [0, 0.1) is 0 Å². The number of pyridine rings is 1. The molecule has 0 unspecified atom stereocenters. The van der Waals surface area contributed by atoms with E-state index in [1.165, 1.54) is 17.7 Å². The van der Waals surface area contributed by atoms with Gasteiger partial charge in [0.15, 0.2) is 5.69 Å². The fraction of sp³-hybridized carbons (Fsp3) is 0.111. The minimum atomic E-state index is -1.01. The summed E-state index contributed by atoms with van der Waals surface area (Å²) in [5.41, 5.74) is 0.710. The van der Waals surface area contributed by atoms with Crippen molar-refractivity contribution in [1.82, 2.24) is 9.38 Å². The summed E-state index contributed by atoms with van der Waals surface area (Å²) >= 11 is 0. The maximum Gasteiger partial charge on any atom is 0.354 e. The van der Waals surface area contributed by atoms with E-state index in [-0.39, 0.29) is 5.69 Å². The highest BCUT2D eigenvalue weighted by molar-refractivity contribution is 5.86. The van der Waals surface area contributed by atoms with E-state index in [4.69, 9.17) is 9.84 Å². The molecule has 5 heteroatoms. The van der Waals surface area contributed by atoms with Gasteiger partial charge >= 0.3 is 5.97 Å². The zero-order valence-corrected chi connectivity index (χ0v) is 7.47. The molecule has 2 heterocycles. The van der Waals surface area contributed by atoms with Gasteiger partial charge in [-0.2, -0.15) is 0 Å². The number of imidazole rings is 1. The summed E-state index contributed by atoms with van der Waals surface area (Å²) < 4.78 is 6.46. The molecule has 0 atom stereocenters. The fourth-order valence-electron chi connectivity index (χ4n) is 1.24. The third-order valence-electron chi connectivity index (χ3n) is 1.93. The molecule has 0 aliphatic rings. The van der Waals surface area contributed by atoms with Crippen molar-refractivity contribution in [1.29, 1.82) is 0 Å². The van der Waals surface area contributed by atoms with Crippen molar-refractivity contribution in [3.05, 3.63) is 30.2 Å². The molecular formula is C9H8N2O3. The molecule has 0 aromatic carbocycles. The van der Waals surface area contributed by atoms with E-state index in [0.717, 1.165) is 0 Å². The number of hydrogen-bond acceptors (Lipinski definition) is 3. The summed E-state index contributed by atoms with van der Waals surface area (Å²) in [5.74, 6) is -0.413. The van der Waals surface area contributed by atoms with Crippen LogP contribution in [-0.4, -0.2) is 27.6 Å². The van der Waals surface area contributed by atoms with Gasteiger partial charge in [-0.05, 0) is 12.1 Å². The average Bonchev–Trinajstić information content (AvgIpc) is 2.59. The van der Waals surface area contributed by atoms with Crippen molar-refractivity contribution in [2.75, 3.05) is 7.11 Å². The lowest BCUT2D eigenvalue weighted by molar-refractivity contribution is 0.0689. The molecule has 2 aromatic heterocycles. The lowest BCUT2D eigenvalue weighted by Gasteiger charge is -2.01. The lowest BCUT2D eigenvalue weighted by atomic mass is 10.4. The zero-order valence-electron chi connectivity index (χ0n) is 7.47. The summed E-state index contributed by atoms with van der Waals surface area (Å²) in [5, 5.41) is 8.83. The minimum Gasteiger partial charge on any atom is -0.495 e. The second-order valence-corrected chi connectivity index (χ2v) is 2.75. The summed E-state index contributed by atoms with van der Waals surface area (Å²) in [6.07, 6.45) is 2.91. The molecule has 14 heavy (non-hydrogen) atoms. The molecule has 5 nitrogen and oxygen atoms in total. The van der Waals surface area contributed by atoms with Gasteiger partial charge in [-0.15, -0.1) is 0 Å². The van der Waals surface area contributed by atoms with Crippen molar-refractivity contribution in [3.63, 3.8) is 0 Å². The van der Waals surface area contributed by atoms with Gasteiger partial charge in [0.1, 0.15) is 11.4 Å². The van der Waals surface area contributed by atoms with Crippen LogP contribution >= 0.6 is 0 Å². The first-order chi connectivity index (χ1) is 6.72.